The summed E-state index contributed by atoms with van der Waals surface area (Å²) < 4.78 is 1.89. The van der Waals surface area contributed by atoms with Crippen LogP contribution in [0.5, 0.6) is 0 Å². The molecule has 0 saturated heterocycles. The van der Waals surface area contributed by atoms with Crippen molar-refractivity contribution in [1.82, 2.24) is 14.8 Å². The molecule has 1 saturated carbocycles. The molecule has 1 fully saturated rings. The molecule has 28 heavy (non-hydrogen) atoms. The molecule has 0 aliphatic heterocycles. The van der Waals surface area contributed by atoms with Gasteiger partial charge in [0.25, 0.3) is 0 Å². The average Bonchev–Trinajstić information content (AvgIpc) is 3.35. The number of fused-ring (bicyclic) bond motifs is 1. The molecule has 7 nitrogen and oxygen atoms in total. The van der Waals surface area contributed by atoms with E-state index in [9.17, 15) is 4.79 Å². The minimum absolute atomic E-state index is 0.156. The number of carbonyl (C=O) groups excluding carboxylic acids is 1. The number of nitrogens with one attached hydrogen (secondary N) is 1. The molecule has 1 amide bonds. The maximum Gasteiger partial charge on any atom is 0.230 e. The lowest BCUT2D eigenvalue weighted by Crippen LogP contribution is -2.15. The fraction of sp³-hybridized carbons (Fsp3) is 0.333. The summed E-state index contributed by atoms with van der Waals surface area (Å²) in [6, 6.07) is 7.93. The summed E-state index contributed by atoms with van der Waals surface area (Å²) in [4.78, 5) is 16.5. The summed E-state index contributed by atoms with van der Waals surface area (Å²) in [5.41, 5.74) is 10.1. The van der Waals surface area contributed by atoms with E-state index in [1.165, 1.54) is 0 Å². The Hall–Kier alpha value is -3.40. The first-order chi connectivity index (χ1) is 13.4. The Morgan fingerprint density at radius 2 is 2.14 bits per heavy atom. The quantitative estimate of drug-likeness (QED) is 0.680. The van der Waals surface area contributed by atoms with Crippen LogP contribution in [0.3, 0.4) is 0 Å². The maximum atomic E-state index is 12.2. The molecule has 1 aromatic carbocycles. The molecular formula is C21H22N6O. The zero-order valence-electron chi connectivity index (χ0n) is 16.1. The van der Waals surface area contributed by atoms with Gasteiger partial charge in [-0.05, 0) is 41.5 Å². The van der Waals surface area contributed by atoms with Gasteiger partial charge in [0.1, 0.15) is 5.82 Å². The van der Waals surface area contributed by atoms with E-state index in [1.54, 1.807) is 6.20 Å². The van der Waals surface area contributed by atoms with Crippen LogP contribution in [-0.2, 0) is 11.8 Å². The number of carbonyl (C=O) groups is 1. The minimum Gasteiger partial charge on any atom is -0.398 e. The van der Waals surface area contributed by atoms with Gasteiger partial charge >= 0.3 is 0 Å². The van der Waals surface area contributed by atoms with Gasteiger partial charge in [0, 0.05) is 35.6 Å². The van der Waals surface area contributed by atoms with Gasteiger partial charge in [0.2, 0.25) is 5.91 Å². The zero-order chi connectivity index (χ0) is 20.0. The number of nitrogens with two attached hydrogens (primary N) is 1. The van der Waals surface area contributed by atoms with E-state index in [1.807, 2.05) is 36.1 Å². The predicted octanol–water partition coefficient (Wildman–Crippen LogP) is 3.44. The smallest absolute Gasteiger partial charge is 0.230 e. The molecule has 1 aliphatic carbocycles. The fourth-order valence-electron chi connectivity index (χ4n) is 3.71. The number of pyridine rings is 1. The van der Waals surface area contributed by atoms with Gasteiger partial charge in [-0.1, -0.05) is 13.8 Å². The number of anilines is 2. The van der Waals surface area contributed by atoms with E-state index in [0.717, 1.165) is 27.6 Å². The van der Waals surface area contributed by atoms with Crippen LogP contribution in [-0.4, -0.2) is 20.7 Å². The van der Waals surface area contributed by atoms with Crippen molar-refractivity contribution in [2.24, 2.45) is 18.9 Å². The number of hydrogen-bond acceptors (Lipinski definition) is 5. The van der Waals surface area contributed by atoms with Gasteiger partial charge in [-0.2, -0.15) is 10.4 Å². The lowest BCUT2D eigenvalue weighted by molar-refractivity contribution is -0.117. The molecule has 7 heteroatoms. The summed E-state index contributed by atoms with van der Waals surface area (Å²) in [5, 5.41) is 17.8. The van der Waals surface area contributed by atoms with Gasteiger partial charge < -0.3 is 11.1 Å². The van der Waals surface area contributed by atoms with Crippen LogP contribution in [0.2, 0.25) is 0 Å². The van der Waals surface area contributed by atoms with Crippen molar-refractivity contribution < 1.29 is 4.79 Å². The van der Waals surface area contributed by atoms with Gasteiger partial charge in [0.15, 0.2) is 0 Å². The van der Waals surface area contributed by atoms with Gasteiger partial charge in [-0.3, -0.25) is 9.48 Å². The van der Waals surface area contributed by atoms with Gasteiger partial charge in [0.05, 0.1) is 24.1 Å². The molecule has 2 aromatic heterocycles. The zero-order valence-corrected chi connectivity index (χ0v) is 16.1. The Morgan fingerprint density at radius 1 is 1.36 bits per heavy atom. The van der Waals surface area contributed by atoms with E-state index >= 15 is 0 Å². The standard InChI is InChI=1S/C21H22N6O/c1-11(2)20-17(10-25-27(20)3)12-4-13-7-19(24-9-16(13)18(23)6-12)26-21(28)15-5-14(15)8-22/h4,6-7,9-11,14-15H,5,23H2,1-3H3,(H,24,26,28)/t14?,15-/m1/s1. The fourth-order valence-corrected chi connectivity index (χ4v) is 3.71. The van der Waals surface area contributed by atoms with Crippen molar-refractivity contribution in [2.45, 2.75) is 26.2 Å². The topological polar surface area (TPSA) is 110 Å². The Bertz CT molecular complexity index is 1120. The van der Waals surface area contributed by atoms with E-state index in [4.69, 9.17) is 11.0 Å². The molecular weight excluding hydrogens is 352 g/mol. The second kappa shape index (κ2) is 6.64. The summed E-state index contributed by atoms with van der Waals surface area (Å²) in [5.74, 6) is 0.216. The number of rotatable bonds is 4. The molecule has 4 rings (SSSR count). The molecule has 1 aliphatic rings. The normalized spacial score (nSPS) is 18.2. The highest BCUT2D eigenvalue weighted by molar-refractivity contribution is 6.00. The molecule has 142 valence electrons. The Morgan fingerprint density at radius 3 is 2.82 bits per heavy atom. The molecule has 1 unspecified atom stereocenters. The summed E-state index contributed by atoms with van der Waals surface area (Å²) in [6.45, 7) is 4.27. The van der Waals surface area contributed by atoms with E-state index in [2.05, 4.69) is 35.3 Å². The molecule has 3 N–H and O–H groups in total. The number of benzene rings is 1. The number of nitrogen functional groups attached to an aromatic ring is 1. The van der Waals surface area contributed by atoms with Crippen LogP contribution in [0.4, 0.5) is 11.5 Å². The average molecular weight is 374 g/mol. The van der Waals surface area contributed by atoms with Gasteiger partial charge in [-0.25, -0.2) is 4.98 Å². The lowest BCUT2D eigenvalue weighted by Gasteiger charge is -2.12. The summed E-state index contributed by atoms with van der Waals surface area (Å²) >= 11 is 0. The number of amides is 1. The summed E-state index contributed by atoms with van der Waals surface area (Å²) in [7, 11) is 1.94. The molecule has 3 aromatic rings. The van der Waals surface area contributed by atoms with Crippen molar-refractivity contribution in [2.75, 3.05) is 11.1 Å². The molecule has 2 heterocycles. The van der Waals surface area contributed by atoms with Crippen molar-refractivity contribution in [3.8, 4) is 17.2 Å². The summed E-state index contributed by atoms with van der Waals surface area (Å²) in [6.07, 6.45) is 4.15. The number of nitrogens with zero attached hydrogens (tertiary/aromatic N) is 4. The third-order valence-electron chi connectivity index (χ3n) is 5.26. The Balaban J connectivity index is 1.71. The maximum absolute atomic E-state index is 12.2. The highest BCUT2D eigenvalue weighted by atomic mass is 16.2. The highest BCUT2D eigenvalue weighted by Gasteiger charge is 2.43. The number of hydrogen-bond donors (Lipinski definition) is 2. The van der Waals surface area contributed by atoms with Crippen LogP contribution in [0, 0.1) is 23.2 Å². The Kier molecular flexibility index (Phi) is 4.27. The number of aryl methyl sites for hydroxylation is 1. The first kappa shape index (κ1) is 18.0. The van der Waals surface area contributed by atoms with Crippen molar-refractivity contribution in [3.63, 3.8) is 0 Å². The Labute approximate surface area is 163 Å². The van der Waals surface area contributed by atoms with Gasteiger partial charge in [-0.15, -0.1) is 0 Å². The SMILES string of the molecule is CC(C)c1c(-c2cc(N)c3cnc(NC(=O)[C@@H]4CC4C#N)cc3c2)cnn1C. The van der Waals surface area contributed by atoms with Crippen LogP contribution < -0.4 is 11.1 Å². The van der Waals surface area contributed by atoms with Crippen molar-refractivity contribution >= 4 is 28.2 Å². The molecule has 2 atom stereocenters. The largest absolute Gasteiger partial charge is 0.398 e. The van der Waals surface area contributed by atoms with Crippen LogP contribution in [0.15, 0.2) is 30.6 Å². The van der Waals surface area contributed by atoms with E-state index < -0.39 is 0 Å². The minimum atomic E-state index is -0.233. The predicted molar refractivity (Wildman–Crippen MR) is 108 cm³/mol. The lowest BCUT2D eigenvalue weighted by atomic mass is 9.97. The number of nitriles is 1. The van der Waals surface area contributed by atoms with E-state index in [-0.39, 0.29) is 17.7 Å². The van der Waals surface area contributed by atoms with E-state index in [0.29, 0.717) is 23.8 Å². The molecule has 0 spiro atoms. The third-order valence-corrected chi connectivity index (χ3v) is 5.26. The van der Waals surface area contributed by atoms with Crippen LogP contribution in [0.1, 0.15) is 31.9 Å². The first-order valence-electron chi connectivity index (χ1n) is 9.31. The molecule has 0 bridgehead atoms. The second-order valence-electron chi connectivity index (χ2n) is 7.64. The molecule has 0 radical (unpaired) electrons. The second-order valence-corrected chi connectivity index (χ2v) is 7.64. The number of aromatic nitrogens is 3. The van der Waals surface area contributed by atoms with Crippen LogP contribution in [0.25, 0.3) is 21.9 Å². The third kappa shape index (κ3) is 3.07. The highest BCUT2D eigenvalue weighted by Crippen LogP contribution is 2.39. The monoisotopic (exact) mass is 374 g/mol. The van der Waals surface area contributed by atoms with Crippen LogP contribution >= 0.6 is 0 Å². The van der Waals surface area contributed by atoms with Crippen molar-refractivity contribution in [3.05, 3.63) is 36.3 Å². The first-order valence-corrected chi connectivity index (χ1v) is 9.31. The van der Waals surface area contributed by atoms with Crippen molar-refractivity contribution in [1.29, 1.82) is 5.26 Å².